The van der Waals surface area contributed by atoms with Crippen molar-refractivity contribution in [2.45, 2.75) is 39.3 Å². The second-order valence-electron chi connectivity index (χ2n) is 5.09. The van der Waals surface area contributed by atoms with Gasteiger partial charge in [-0.3, -0.25) is 0 Å². The summed E-state index contributed by atoms with van der Waals surface area (Å²) in [6.45, 7) is 9.84. The zero-order valence-corrected chi connectivity index (χ0v) is 11.8. The number of nitrogens with one attached hydrogen (secondary N) is 1. The van der Waals surface area contributed by atoms with Gasteiger partial charge in [0.05, 0.1) is 18.2 Å². The first-order chi connectivity index (χ1) is 7.92. The Kier molecular flexibility index (Phi) is 5.44. The molecule has 0 aliphatic heterocycles. The van der Waals surface area contributed by atoms with Gasteiger partial charge < -0.3 is 10.1 Å². The van der Waals surface area contributed by atoms with Crippen molar-refractivity contribution < 1.29 is 4.74 Å². The maximum absolute atomic E-state index is 6.01. The van der Waals surface area contributed by atoms with Gasteiger partial charge in [-0.1, -0.05) is 30.7 Å². The third-order valence-corrected chi connectivity index (χ3v) is 2.62. The van der Waals surface area contributed by atoms with E-state index in [-0.39, 0.29) is 11.6 Å². The number of ether oxygens (including phenoxy) is 1. The molecule has 0 saturated carbocycles. The van der Waals surface area contributed by atoms with Crippen LogP contribution in [-0.4, -0.2) is 18.8 Å². The molecule has 3 heteroatoms. The van der Waals surface area contributed by atoms with Gasteiger partial charge in [0.15, 0.2) is 0 Å². The van der Waals surface area contributed by atoms with Crippen LogP contribution in [0, 0.1) is 0 Å². The Hall–Kier alpha value is -0.570. The van der Waals surface area contributed by atoms with Crippen LogP contribution in [0.2, 0.25) is 5.02 Å². The highest BCUT2D eigenvalue weighted by atomic mass is 35.5. The van der Waals surface area contributed by atoms with Gasteiger partial charge in [0, 0.05) is 5.02 Å². The highest BCUT2D eigenvalue weighted by molar-refractivity contribution is 6.30. The molecule has 0 aliphatic carbocycles. The fourth-order valence-corrected chi connectivity index (χ4v) is 1.77. The molecule has 1 atom stereocenters. The average Bonchev–Trinajstić information content (AvgIpc) is 2.23. The molecule has 0 saturated heterocycles. The van der Waals surface area contributed by atoms with E-state index in [1.165, 1.54) is 5.56 Å². The van der Waals surface area contributed by atoms with Crippen LogP contribution in [0.1, 0.15) is 39.3 Å². The van der Waals surface area contributed by atoms with E-state index in [0.717, 1.165) is 11.6 Å². The number of likely N-dealkylation sites (N-methyl/N-ethyl adjacent to an activating group) is 1. The van der Waals surface area contributed by atoms with Crippen molar-refractivity contribution in [3.8, 4) is 0 Å². The molecule has 0 heterocycles. The smallest absolute Gasteiger partial charge is 0.0668 e. The molecule has 0 fully saturated rings. The number of rotatable bonds is 5. The average molecular weight is 256 g/mol. The Labute approximate surface area is 109 Å². The van der Waals surface area contributed by atoms with Crippen molar-refractivity contribution in [3.63, 3.8) is 0 Å². The maximum Gasteiger partial charge on any atom is 0.0668 e. The molecule has 0 aliphatic rings. The highest BCUT2D eigenvalue weighted by Crippen LogP contribution is 2.20. The summed E-state index contributed by atoms with van der Waals surface area (Å²) >= 11 is 6.01. The molecule has 0 bridgehead atoms. The Balaban J connectivity index is 2.71. The Morgan fingerprint density at radius 2 is 2.06 bits per heavy atom. The summed E-state index contributed by atoms with van der Waals surface area (Å²) in [5.74, 6) is 0. The first-order valence-corrected chi connectivity index (χ1v) is 6.43. The van der Waals surface area contributed by atoms with Crippen molar-refractivity contribution in [1.29, 1.82) is 0 Å². The van der Waals surface area contributed by atoms with E-state index in [9.17, 15) is 0 Å². The first-order valence-electron chi connectivity index (χ1n) is 6.05. The molecule has 1 rings (SSSR count). The predicted molar refractivity (Wildman–Crippen MR) is 73.6 cm³/mol. The topological polar surface area (TPSA) is 21.3 Å². The molecule has 0 spiro atoms. The zero-order valence-electron chi connectivity index (χ0n) is 11.1. The van der Waals surface area contributed by atoms with Gasteiger partial charge in [0.2, 0.25) is 0 Å². The SMILES string of the molecule is CCNC(COC(C)(C)C)c1cccc(Cl)c1. The molecule has 17 heavy (non-hydrogen) atoms. The van der Waals surface area contributed by atoms with Crippen LogP contribution in [0.3, 0.4) is 0 Å². The lowest BCUT2D eigenvalue weighted by atomic mass is 10.1. The monoisotopic (exact) mass is 255 g/mol. The number of hydrogen-bond acceptors (Lipinski definition) is 2. The van der Waals surface area contributed by atoms with Crippen LogP contribution in [0.15, 0.2) is 24.3 Å². The van der Waals surface area contributed by atoms with E-state index in [2.05, 4.69) is 39.1 Å². The summed E-state index contributed by atoms with van der Waals surface area (Å²) in [6, 6.07) is 8.11. The van der Waals surface area contributed by atoms with E-state index >= 15 is 0 Å². The van der Waals surface area contributed by atoms with Crippen molar-refractivity contribution in [2.24, 2.45) is 0 Å². The Bertz CT molecular complexity index is 346. The second-order valence-corrected chi connectivity index (χ2v) is 5.53. The molecule has 1 N–H and O–H groups in total. The van der Waals surface area contributed by atoms with E-state index in [4.69, 9.17) is 16.3 Å². The van der Waals surface area contributed by atoms with Crippen molar-refractivity contribution in [3.05, 3.63) is 34.9 Å². The molecule has 1 unspecified atom stereocenters. The fourth-order valence-electron chi connectivity index (χ4n) is 1.58. The van der Waals surface area contributed by atoms with E-state index < -0.39 is 0 Å². The minimum absolute atomic E-state index is 0.119. The van der Waals surface area contributed by atoms with E-state index in [1.807, 2.05) is 18.2 Å². The quantitative estimate of drug-likeness (QED) is 0.864. The summed E-state index contributed by atoms with van der Waals surface area (Å²) < 4.78 is 5.83. The fraction of sp³-hybridized carbons (Fsp3) is 0.571. The van der Waals surface area contributed by atoms with Crippen molar-refractivity contribution in [2.75, 3.05) is 13.2 Å². The summed E-state index contributed by atoms with van der Waals surface area (Å²) in [5, 5.41) is 4.18. The molecule has 0 aromatic heterocycles. The molecular formula is C14H22ClNO. The Morgan fingerprint density at radius 1 is 1.35 bits per heavy atom. The van der Waals surface area contributed by atoms with Crippen LogP contribution in [0.25, 0.3) is 0 Å². The molecular weight excluding hydrogens is 234 g/mol. The van der Waals surface area contributed by atoms with Crippen LogP contribution in [-0.2, 0) is 4.74 Å². The largest absolute Gasteiger partial charge is 0.374 e. The third kappa shape index (κ3) is 5.53. The summed E-state index contributed by atoms with van der Waals surface area (Å²) in [7, 11) is 0. The zero-order chi connectivity index (χ0) is 12.9. The number of hydrogen-bond donors (Lipinski definition) is 1. The van der Waals surface area contributed by atoms with E-state index in [0.29, 0.717) is 6.61 Å². The lowest BCUT2D eigenvalue weighted by Crippen LogP contribution is -2.30. The summed E-state index contributed by atoms with van der Waals surface area (Å²) in [5.41, 5.74) is 1.05. The number of benzene rings is 1. The van der Waals surface area contributed by atoms with Crippen molar-refractivity contribution in [1.82, 2.24) is 5.32 Å². The van der Waals surface area contributed by atoms with Crippen LogP contribution in [0.4, 0.5) is 0 Å². The minimum Gasteiger partial charge on any atom is -0.374 e. The highest BCUT2D eigenvalue weighted by Gasteiger charge is 2.16. The van der Waals surface area contributed by atoms with Gasteiger partial charge in [-0.2, -0.15) is 0 Å². The molecule has 0 amide bonds. The van der Waals surface area contributed by atoms with Crippen LogP contribution >= 0.6 is 11.6 Å². The van der Waals surface area contributed by atoms with Gasteiger partial charge >= 0.3 is 0 Å². The second kappa shape index (κ2) is 6.39. The summed E-state index contributed by atoms with van der Waals surface area (Å²) in [6.07, 6.45) is 0. The maximum atomic E-state index is 6.01. The molecule has 0 radical (unpaired) electrons. The van der Waals surface area contributed by atoms with Gasteiger partial charge in [-0.15, -0.1) is 0 Å². The lowest BCUT2D eigenvalue weighted by Gasteiger charge is -2.25. The van der Waals surface area contributed by atoms with Crippen LogP contribution < -0.4 is 5.32 Å². The van der Waals surface area contributed by atoms with Gasteiger partial charge in [-0.25, -0.2) is 0 Å². The van der Waals surface area contributed by atoms with Gasteiger partial charge in [0.1, 0.15) is 0 Å². The van der Waals surface area contributed by atoms with Gasteiger partial charge in [0.25, 0.3) is 0 Å². The minimum atomic E-state index is -0.119. The van der Waals surface area contributed by atoms with Gasteiger partial charge in [-0.05, 0) is 45.0 Å². The van der Waals surface area contributed by atoms with Crippen molar-refractivity contribution >= 4 is 11.6 Å². The normalized spacial score (nSPS) is 13.7. The standard InChI is InChI=1S/C14H22ClNO/c1-5-16-13(10-17-14(2,3)4)11-7-6-8-12(15)9-11/h6-9,13,16H,5,10H2,1-4H3. The number of halogens is 1. The first kappa shape index (κ1) is 14.5. The predicted octanol–water partition coefficient (Wildman–Crippen LogP) is 3.81. The molecule has 2 nitrogen and oxygen atoms in total. The van der Waals surface area contributed by atoms with Crippen LogP contribution in [0.5, 0.6) is 0 Å². The Morgan fingerprint density at radius 3 is 2.59 bits per heavy atom. The molecule has 96 valence electrons. The molecule has 1 aromatic rings. The third-order valence-electron chi connectivity index (χ3n) is 2.38. The van der Waals surface area contributed by atoms with E-state index in [1.54, 1.807) is 0 Å². The molecule has 1 aromatic carbocycles. The summed E-state index contributed by atoms with van der Waals surface area (Å²) in [4.78, 5) is 0. The lowest BCUT2D eigenvalue weighted by molar-refractivity contribution is -0.0146.